The van der Waals surface area contributed by atoms with Gasteiger partial charge in [0.2, 0.25) is 0 Å². The summed E-state index contributed by atoms with van der Waals surface area (Å²) in [5.74, 6) is -0.630. The van der Waals surface area contributed by atoms with E-state index in [-0.39, 0.29) is 48.5 Å². The van der Waals surface area contributed by atoms with Crippen molar-refractivity contribution in [3.8, 4) is 0 Å². The van der Waals surface area contributed by atoms with Crippen LogP contribution in [0.4, 0.5) is 4.39 Å². The summed E-state index contributed by atoms with van der Waals surface area (Å²) in [6.07, 6.45) is 5.44. The SMILES string of the molecule is Fc1ccc(C2OCCC3OC4C5OC6(CCCCC6)OC5OC4C32)cc1. The third-order valence-electron chi connectivity index (χ3n) is 6.89. The molecule has 0 amide bonds. The summed E-state index contributed by atoms with van der Waals surface area (Å²) < 4.78 is 44.9. The first-order valence-electron chi connectivity index (χ1n) is 10.3. The molecule has 1 aromatic rings. The summed E-state index contributed by atoms with van der Waals surface area (Å²) in [6.45, 7) is 0.637. The Bertz CT molecular complexity index is 703. The van der Waals surface area contributed by atoms with Gasteiger partial charge in [0.25, 0.3) is 0 Å². The first-order chi connectivity index (χ1) is 13.2. The molecule has 6 rings (SSSR count). The zero-order valence-electron chi connectivity index (χ0n) is 15.2. The predicted octanol–water partition coefficient (Wildman–Crippen LogP) is 3.47. The Hall–Kier alpha value is -1.05. The van der Waals surface area contributed by atoms with Crippen molar-refractivity contribution in [3.63, 3.8) is 0 Å². The summed E-state index contributed by atoms with van der Waals surface area (Å²) >= 11 is 0. The van der Waals surface area contributed by atoms with Crippen molar-refractivity contribution in [2.45, 2.75) is 81.1 Å². The van der Waals surface area contributed by atoms with Crippen LogP contribution in [0.15, 0.2) is 24.3 Å². The Kier molecular flexibility index (Phi) is 3.89. The second-order valence-electron chi connectivity index (χ2n) is 8.49. The van der Waals surface area contributed by atoms with Crippen molar-refractivity contribution in [1.82, 2.24) is 0 Å². The smallest absolute Gasteiger partial charge is 0.190 e. The minimum Gasteiger partial charge on any atom is -0.373 e. The summed E-state index contributed by atoms with van der Waals surface area (Å²) in [5, 5.41) is 0. The van der Waals surface area contributed by atoms with Crippen LogP contribution in [-0.2, 0) is 23.7 Å². The molecule has 6 heteroatoms. The first kappa shape index (κ1) is 16.9. The van der Waals surface area contributed by atoms with E-state index >= 15 is 0 Å². The molecular formula is C21H25FO5. The zero-order valence-corrected chi connectivity index (χ0v) is 15.2. The highest BCUT2D eigenvalue weighted by atomic mass is 19.1. The first-order valence-corrected chi connectivity index (χ1v) is 10.3. The quantitative estimate of drug-likeness (QED) is 0.751. The molecule has 4 aliphatic heterocycles. The largest absolute Gasteiger partial charge is 0.373 e. The van der Waals surface area contributed by atoms with Gasteiger partial charge in [-0.2, -0.15) is 0 Å². The van der Waals surface area contributed by atoms with Crippen molar-refractivity contribution in [2.24, 2.45) is 5.92 Å². The number of rotatable bonds is 1. The highest BCUT2D eigenvalue weighted by Crippen LogP contribution is 2.53. The second-order valence-corrected chi connectivity index (χ2v) is 8.49. The molecule has 1 aliphatic carbocycles. The van der Waals surface area contributed by atoms with E-state index in [0.29, 0.717) is 6.61 Å². The lowest BCUT2D eigenvalue weighted by atomic mass is 9.83. The maximum Gasteiger partial charge on any atom is 0.190 e. The Labute approximate surface area is 158 Å². The minimum absolute atomic E-state index is 0.0781. The molecule has 0 N–H and O–H groups in total. The lowest BCUT2D eigenvalue weighted by molar-refractivity contribution is -0.245. The van der Waals surface area contributed by atoms with Crippen LogP contribution >= 0.6 is 0 Å². The monoisotopic (exact) mass is 376 g/mol. The van der Waals surface area contributed by atoms with Crippen LogP contribution in [0.1, 0.15) is 50.2 Å². The van der Waals surface area contributed by atoms with E-state index in [1.165, 1.54) is 18.6 Å². The van der Waals surface area contributed by atoms with Gasteiger partial charge in [-0.15, -0.1) is 0 Å². The molecule has 5 nitrogen and oxygen atoms in total. The molecule has 1 spiro atoms. The van der Waals surface area contributed by atoms with Gasteiger partial charge in [-0.25, -0.2) is 4.39 Å². The normalized spacial score (nSPS) is 44.9. The zero-order chi connectivity index (χ0) is 18.0. The number of halogens is 1. The molecule has 1 aromatic carbocycles. The number of fused-ring (bicyclic) bond motifs is 5. The molecule has 27 heavy (non-hydrogen) atoms. The third-order valence-corrected chi connectivity index (χ3v) is 6.89. The molecule has 4 heterocycles. The van der Waals surface area contributed by atoms with E-state index in [9.17, 15) is 4.39 Å². The molecule has 0 aromatic heterocycles. The minimum atomic E-state index is -0.470. The van der Waals surface area contributed by atoms with E-state index in [4.69, 9.17) is 23.7 Å². The van der Waals surface area contributed by atoms with Gasteiger partial charge < -0.3 is 23.7 Å². The van der Waals surface area contributed by atoms with E-state index in [1.807, 2.05) is 0 Å². The average Bonchev–Trinajstić information content (AvgIpc) is 3.30. The van der Waals surface area contributed by atoms with Crippen LogP contribution in [0, 0.1) is 11.7 Å². The highest BCUT2D eigenvalue weighted by Gasteiger charge is 2.65. The number of benzene rings is 1. The van der Waals surface area contributed by atoms with Crippen molar-refractivity contribution in [1.29, 1.82) is 0 Å². The third kappa shape index (κ3) is 2.61. The molecule has 5 aliphatic rings. The van der Waals surface area contributed by atoms with E-state index < -0.39 is 5.79 Å². The lowest BCUT2D eigenvalue weighted by Crippen LogP contribution is -2.40. The van der Waals surface area contributed by atoms with Gasteiger partial charge in [0.1, 0.15) is 18.0 Å². The van der Waals surface area contributed by atoms with Crippen molar-refractivity contribution < 1.29 is 28.1 Å². The van der Waals surface area contributed by atoms with Crippen LogP contribution in [0.3, 0.4) is 0 Å². The fourth-order valence-electron chi connectivity index (χ4n) is 5.67. The summed E-state index contributed by atoms with van der Waals surface area (Å²) in [7, 11) is 0. The van der Waals surface area contributed by atoms with Gasteiger partial charge in [-0.05, 0) is 37.0 Å². The second kappa shape index (κ2) is 6.22. The molecule has 0 radical (unpaired) electrons. The number of hydrogen-bond donors (Lipinski definition) is 0. The van der Waals surface area contributed by atoms with Gasteiger partial charge >= 0.3 is 0 Å². The fraction of sp³-hybridized carbons (Fsp3) is 0.714. The predicted molar refractivity (Wildman–Crippen MR) is 92.3 cm³/mol. The Morgan fingerprint density at radius 2 is 1.70 bits per heavy atom. The Morgan fingerprint density at radius 3 is 2.52 bits per heavy atom. The Morgan fingerprint density at radius 1 is 0.889 bits per heavy atom. The van der Waals surface area contributed by atoms with Gasteiger partial charge in [0.15, 0.2) is 12.1 Å². The van der Waals surface area contributed by atoms with Gasteiger partial charge in [-0.1, -0.05) is 18.6 Å². The molecule has 1 saturated carbocycles. The van der Waals surface area contributed by atoms with Gasteiger partial charge in [0.05, 0.1) is 18.3 Å². The van der Waals surface area contributed by atoms with Crippen LogP contribution in [0.2, 0.25) is 0 Å². The lowest BCUT2D eigenvalue weighted by Gasteiger charge is -2.36. The molecule has 5 fully saturated rings. The summed E-state index contributed by atoms with van der Waals surface area (Å²) in [4.78, 5) is 0. The van der Waals surface area contributed by atoms with Crippen LogP contribution in [-0.4, -0.2) is 43.1 Å². The van der Waals surface area contributed by atoms with Crippen molar-refractivity contribution >= 4 is 0 Å². The van der Waals surface area contributed by atoms with E-state index in [0.717, 1.165) is 37.7 Å². The molecular weight excluding hydrogens is 351 g/mol. The number of ether oxygens (including phenoxy) is 5. The average molecular weight is 376 g/mol. The van der Waals surface area contributed by atoms with Crippen LogP contribution in [0.25, 0.3) is 0 Å². The maximum absolute atomic E-state index is 13.3. The molecule has 4 saturated heterocycles. The molecule has 7 unspecified atom stereocenters. The van der Waals surface area contributed by atoms with Crippen LogP contribution < -0.4 is 0 Å². The fourth-order valence-corrected chi connectivity index (χ4v) is 5.67. The number of hydrogen-bond acceptors (Lipinski definition) is 5. The molecule has 7 atom stereocenters. The van der Waals surface area contributed by atoms with Crippen molar-refractivity contribution in [2.75, 3.05) is 6.61 Å². The van der Waals surface area contributed by atoms with Gasteiger partial charge in [0, 0.05) is 25.4 Å². The van der Waals surface area contributed by atoms with Gasteiger partial charge in [-0.3, -0.25) is 0 Å². The van der Waals surface area contributed by atoms with E-state index in [1.54, 1.807) is 12.1 Å². The topological polar surface area (TPSA) is 46.2 Å². The summed E-state index contributed by atoms with van der Waals surface area (Å²) in [6, 6.07) is 6.57. The Balaban J connectivity index is 1.25. The maximum atomic E-state index is 13.3. The highest BCUT2D eigenvalue weighted by molar-refractivity contribution is 5.22. The van der Waals surface area contributed by atoms with E-state index in [2.05, 4.69) is 0 Å². The molecule has 0 bridgehead atoms. The van der Waals surface area contributed by atoms with Crippen molar-refractivity contribution in [3.05, 3.63) is 35.6 Å². The standard InChI is InChI=1S/C21H25FO5/c22-13-6-4-12(5-7-13)16-15-14(8-11-23-16)24-18-17(15)25-20-19(18)26-21(27-20)9-2-1-3-10-21/h4-7,14-20H,1-3,8-11H2. The molecule has 146 valence electrons. The summed E-state index contributed by atoms with van der Waals surface area (Å²) in [5.41, 5.74) is 0.974. The van der Waals surface area contributed by atoms with Crippen LogP contribution in [0.5, 0.6) is 0 Å².